The zero-order valence-electron chi connectivity index (χ0n) is 7.68. The summed E-state index contributed by atoms with van der Waals surface area (Å²) in [7, 11) is 0. The quantitative estimate of drug-likeness (QED) is 0.505. The van der Waals surface area contributed by atoms with E-state index in [9.17, 15) is 5.21 Å². The van der Waals surface area contributed by atoms with Crippen molar-refractivity contribution < 1.29 is 5.17 Å². The summed E-state index contributed by atoms with van der Waals surface area (Å²) in [6.45, 7) is 3.17. The first-order valence-corrected chi connectivity index (χ1v) is 5.07. The lowest BCUT2D eigenvalue weighted by atomic mass is 9.76. The van der Waals surface area contributed by atoms with Gasteiger partial charge < -0.3 is 5.21 Å². The Morgan fingerprint density at radius 2 is 2.08 bits per heavy atom. The predicted molar refractivity (Wildman–Crippen MR) is 47.2 cm³/mol. The summed E-state index contributed by atoms with van der Waals surface area (Å²) < 4.78 is 0. The van der Waals surface area contributed by atoms with Gasteiger partial charge in [-0.1, -0.05) is 13.3 Å². The summed E-state index contributed by atoms with van der Waals surface area (Å²) in [5.41, 5.74) is 2.99. The first kappa shape index (κ1) is 8.48. The van der Waals surface area contributed by atoms with Crippen molar-refractivity contribution in [3.63, 3.8) is 0 Å². The highest BCUT2D eigenvalue weighted by Gasteiger charge is 2.37. The van der Waals surface area contributed by atoms with Crippen LogP contribution in [0.15, 0.2) is 0 Å². The molecule has 0 radical (unpaired) electrons. The standard InChI is InChI=1S/C9H18N2O/c1-7-6-10-11(12)9-5-3-2-4-8(7)9/h7-11H,2-6H2,1H3. The summed E-state index contributed by atoms with van der Waals surface area (Å²) in [5, 5.41) is 11.8. The van der Waals surface area contributed by atoms with Crippen LogP contribution in [0.2, 0.25) is 0 Å². The molecule has 70 valence electrons. The van der Waals surface area contributed by atoms with Crippen molar-refractivity contribution in [2.45, 2.75) is 38.6 Å². The molecule has 0 aromatic heterocycles. The molecule has 2 aliphatic rings. The highest BCUT2D eigenvalue weighted by Crippen LogP contribution is 2.29. The third kappa shape index (κ3) is 1.37. The highest BCUT2D eigenvalue weighted by atomic mass is 16.5. The van der Waals surface area contributed by atoms with Gasteiger partial charge in [0.2, 0.25) is 0 Å². The van der Waals surface area contributed by atoms with Gasteiger partial charge in [0.05, 0.1) is 0 Å². The van der Waals surface area contributed by atoms with Crippen LogP contribution in [0.25, 0.3) is 0 Å². The molecule has 1 saturated carbocycles. The summed E-state index contributed by atoms with van der Waals surface area (Å²) in [4.78, 5) is 0. The minimum atomic E-state index is 0.317. The van der Waals surface area contributed by atoms with Crippen molar-refractivity contribution in [3.8, 4) is 0 Å². The lowest BCUT2D eigenvalue weighted by molar-refractivity contribution is -0.934. The lowest BCUT2D eigenvalue weighted by Crippen LogP contribution is -3.20. The molecule has 0 amide bonds. The van der Waals surface area contributed by atoms with Gasteiger partial charge in [-0.25, -0.2) is 0 Å². The Morgan fingerprint density at radius 1 is 1.33 bits per heavy atom. The average molecular weight is 170 g/mol. The number of hydroxylamine groups is 1. The second-order valence-electron chi connectivity index (χ2n) is 4.28. The molecular weight excluding hydrogens is 152 g/mol. The molecule has 1 heterocycles. The van der Waals surface area contributed by atoms with Crippen LogP contribution >= 0.6 is 0 Å². The molecule has 1 aliphatic heterocycles. The number of fused-ring (bicyclic) bond motifs is 1. The van der Waals surface area contributed by atoms with Crippen LogP contribution in [0.3, 0.4) is 0 Å². The molecule has 0 aromatic carbocycles. The second-order valence-corrected chi connectivity index (χ2v) is 4.28. The maximum Gasteiger partial charge on any atom is 0.108 e. The molecule has 4 atom stereocenters. The Bertz CT molecular complexity index is 145. The van der Waals surface area contributed by atoms with Crippen molar-refractivity contribution in [2.75, 3.05) is 6.54 Å². The molecule has 3 heteroatoms. The van der Waals surface area contributed by atoms with Crippen LogP contribution in [-0.2, 0) is 0 Å². The van der Waals surface area contributed by atoms with E-state index in [1.807, 2.05) is 0 Å². The number of hydrogen-bond acceptors (Lipinski definition) is 2. The SMILES string of the molecule is CC1CN[NH+]([O-])C2CCCCC12. The van der Waals surface area contributed by atoms with Crippen molar-refractivity contribution in [3.05, 3.63) is 5.21 Å². The Morgan fingerprint density at radius 3 is 2.83 bits per heavy atom. The van der Waals surface area contributed by atoms with Gasteiger partial charge in [-0.15, -0.1) is 0 Å². The Labute approximate surface area is 73.7 Å². The van der Waals surface area contributed by atoms with Gasteiger partial charge in [0.15, 0.2) is 0 Å². The Balaban J connectivity index is 2.05. The third-order valence-corrected chi connectivity index (χ3v) is 3.49. The minimum Gasteiger partial charge on any atom is -0.613 e. The molecule has 1 aliphatic carbocycles. The monoisotopic (exact) mass is 170 g/mol. The van der Waals surface area contributed by atoms with Crippen LogP contribution in [-0.4, -0.2) is 12.6 Å². The number of rotatable bonds is 0. The highest BCUT2D eigenvalue weighted by molar-refractivity contribution is 4.81. The van der Waals surface area contributed by atoms with Crippen molar-refractivity contribution in [1.82, 2.24) is 5.43 Å². The van der Waals surface area contributed by atoms with E-state index in [2.05, 4.69) is 12.3 Å². The second kappa shape index (κ2) is 3.32. The molecule has 3 nitrogen and oxygen atoms in total. The first-order chi connectivity index (χ1) is 5.79. The fourth-order valence-corrected chi connectivity index (χ4v) is 2.71. The maximum atomic E-state index is 11.5. The topological polar surface area (TPSA) is 39.5 Å². The molecule has 2 fully saturated rings. The van der Waals surface area contributed by atoms with Gasteiger partial charge in [-0.2, -0.15) is 5.43 Å². The molecular formula is C9H18N2O. The van der Waals surface area contributed by atoms with Crippen LogP contribution < -0.4 is 10.6 Å². The smallest absolute Gasteiger partial charge is 0.108 e. The van der Waals surface area contributed by atoms with Crippen LogP contribution in [0.4, 0.5) is 0 Å². The van der Waals surface area contributed by atoms with Gasteiger partial charge in [-0.3, -0.25) is 5.17 Å². The van der Waals surface area contributed by atoms with Gasteiger partial charge >= 0.3 is 0 Å². The first-order valence-electron chi connectivity index (χ1n) is 5.07. The Kier molecular flexibility index (Phi) is 2.35. The maximum absolute atomic E-state index is 11.5. The van der Waals surface area contributed by atoms with E-state index >= 15 is 0 Å². The van der Waals surface area contributed by atoms with E-state index in [0.717, 1.165) is 13.0 Å². The van der Waals surface area contributed by atoms with Gasteiger partial charge in [-0.05, 0) is 18.8 Å². The molecule has 2 rings (SSSR count). The molecule has 4 unspecified atom stereocenters. The van der Waals surface area contributed by atoms with Crippen LogP contribution in [0, 0.1) is 17.0 Å². The van der Waals surface area contributed by atoms with Gasteiger partial charge in [0.1, 0.15) is 6.04 Å². The summed E-state index contributed by atoms with van der Waals surface area (Å²) in [6.07, 6.45) is 4.99. The average Bonchev–Trinajstić information content (AvgIpc) is 2.12. The number of hydrogen-bond donors (Lipinski definition) is 2. The van der Waals surface area contributed by atoms with Gasteiger partial charge in [0, 0.05) is 18.9 Å². The van der Waals surface area contributed by atoms with E-state index in [-0.39, 0.29) is 0 Å². The van der Waals surface area contributed by atoms with E-state index < -0.39 is 0 Å². The predicted octanol–water partition coefficient (Wildman–Crippen LogP) is 0.0822. The zero-order valence-corrected chi connectivity index (χ0v) is 7.68. The molecule has 0 aromatic rings. The summed E-state index contributed by atoms with van der Waals surface area (Å²) in [6, 6.07) is 0.350. The van der Waals surface area contributed by atoms with Crippen LogP contribution in [0.1, 0.15) is 32.6 Å². The van der Waals surface area contributed by atoms with Gasteiger partial charge in [0.25, 0.3) is 0 Å². The van der Waals surface area contributed by atoms with Crippen molar-refractivity contribution >= 4 is 0 Å². The minimum absolute atomic E-state index is 0.317. The van der Waals surface area contributed by atoms with E-state index in [4.69, 9.17) is 0 Å². The zero-order chi connectivity index (χ0) is 8.55. The lowest BCUT2D eigenvalue weighted by Gasteiger charge is -2.45. The van der Waals surface area contributed by atoms with Crippen molar-refractivity contribution in [2.24, 2.45) is 11.8 Å². The molecule has 1 saturated heterocycles. The Hall–Kier alpha value is -0.120. The van der Waals surface area contributed by atoms with E-state index in [0.29, 0.717) is 23.0 Å². The van der Waals surface area contributed by atoms with E-state index in [1.165, 1.54) is 19.3 Å². The number of nitrogens with one attached hydrogen (secondary N) is 2. The van der Waals surface area contributed by atoms with E-state index in [1.54, 1.807) is 0 Å². The third-order valence-electron chi connectivity index (χ3n) is 3.49. The summed E-state index contributed by atoms with van der Waals surface area (Å²) >= 11 is 0. The number of quaternary nitrogens is 1. The van der Waals surface area contributed by atoms with Crippen LogP contribution in [0.5, 0.6) is 0 Å². The normalized spacial score (nSPS) is 48.5. The largest absolute Gasteiger partial charge is 0.613 e. The molecule has 0 spiro atoms. The molecule has 2 N–H and O–H groups in total. The fourth-order valence-electron chi connectivity index (χ4n) is 2.71. The van der Waals surface area contributed by atoms with Crippen molar-refractivity contribution in [1.29, 1.82) is 0 Å². The fraction of sp³-hybridized carbons (Fsp3) is 1.00. The summed E-state index contributed by atoms with van der Waals surface area (Å²) in [5.74, 6) is 1.39. The molecule has 0 bridgehead atoms. The molecule has 12 heavy (non-hydrogen) atoms.